The first-order valence-corrected chi connectivity index (χ1v) is 9.11. The molecule has 6 heteroatoms. The van der Waals surface area contributed by atoms with Crippen molar-refractivity contribution >= 4 is 27.7 Å². The quantitative estimate of drug-likeness (QED) is 0.650. The van der Waals surface area contributed by atoms with E-state index in [0.717, 1.165) is 15.6 Å². The van der Waals surface area contributed by atoms with Gasteiger partial charge in [-0.2, -0.15) is 5.10 Å². The van der Waals surface area contributed by atoms with E-state index in [1.165, 1.54) is 0 Å². The monoisotopic (exact) mass is 413 g/mol. The van der Waals surface area contributed by atoms with Crippen molar-refractivity contribution in [1.29, 1.82) is 0 Å². The molecule has 3 rings (SSSR count). The third-order valence-electron chi connectivity index (χ3n) is 3.89. The predicted molar refractivity (Wildman–Crippen MR) is 105 cm³/mol. The summed E-state index contributed by atoms with van der Waals surface area (Å²) in [5.41, 5.74) is 2.18. The van der Waals surface area contributed by atoms with Crippen molar-refractivity contribution < 1.29 is 9.53 Å². The second-order valence-corrected chi connectivity index (χ2v) is 6.98. The fourth-order valence-corrected chi connectivity index (χ4v) is 2.77. The van der Waals surface area contributed by atoms with Crippen molar-refractivity contribution in [2.75, 3.05) is 5.32 Å². The Morgan fingerprint density at radius 2 is 2.00 bits per heavy atom. The summed E-state index contributed by atoms with van der Waals surface area (Å²) >= 11 is 3.42. The molecule has 1 atom stereocenters. The average Bonchev–Trinajstić information content (AvgIpc) is 3.03. The Balaban J connectivity index is 1.64. The minimum atomic E-state index is -0.618. The first-order valence-electron chi connectivity index (χ1n) is 8.32. The zero-order valence-corrected chi connectivity index (χ0v) is 16.2. The van der Waals surface area contributed by atoms with Gasteiger partial charge in [0.25, 0.3) is 5.91 Å². The van der Waals surface area contributed by atoms with E-state index in [9.17, 15) is 4.79 Å². The highest BCUT2D eigenvalue weighted by atomic mass is 79.9. The molecule has 0 bridgehead atoms. The largest absolute Gasteiger partial charge is 0.481 e. The third-order valence-corrected chi connectivity index (χ3v) is 4.41. The van der Waals surface area contributed by atoms with Crippen LogP contribution in [0, 0.1) is 6.92 Å². The molecule has 0 spiro atoms. The molecular formula is C20H20BrN3O2. The van der Waals surface area contributed by atoms with Gasteiger partial charge in [-0.1, -0.05) is 40.2 Å². The molecule has 0 aliphatic carbocycles. The smallest absolute Gasteiger partial charge is 0.266 e. The molecule has 1 heterocycles. The Bertz CT molecular complexity index is 890. The number of hydrogen-bond acceptors (Lipinski definition) is 3. The molecule has 1 aromatic heterocycles. The summed E-state index contributed by atoms with van der Waals surface area (Å²) in [5.74, 6) is 1.10. The van der Waals surface area contributed by atoms with Crippen LogP contribution in [0.1, 0.15) is 18.1 Å². The number of hydrogen-bond donors (Lipinski definition) is 1. The summed E-state index contributed by atoms with van der Waals surface area (Å²) in [6.45, 7) is 4.29. The third kappa shape index (κ3) is 4.73. The van der Waals surface area contributed by atoms with Crippen LogP contribution in [-0.2, 0) is 11.3 Å². The van der Waals surface area contributed by atoms with Crippen molar-refractivity contribution in [3.05, 3.63) is 76.4 Å². The standard InChI is InChI=1S/C20H20BrN3O2/c1-14-4-3-5-18(12-14)26-15(2)20(25)23-19-10-11-22-24(19)13-16-6-8-17(21)9-7-16/h3-12,15H,13H2,1-2H3,(H,23,25). The molecule has 0 saturated carbocycles. The molecule has 0 aliphatic heterocycles. The van der Waals surface area contributed by atoms with E-state index in [0.29, 0.717) is 18.1 Å². The molecule has 1 N–H and O–H groups in total. The van der Waals surface area contributed by atoms with E-state index in [-0.39, 0.29) is 5.91 Å². The highest BCUT2D eigenvalue weighted by Gasteiger charge is 2.17. The van der Waals surface area contributed by atoms with Crippen molar-refractivity contribution in [3.63, 3.8) is 0 Å². The topological polar surface area (TPSA) is 56.1 Å². The summed E-state index contributed by atoms with van der Waals surface area (Å²) in [6.07, 6.45) is 1.05. The lowest BCUT2D eigenvalue weighted by Gasteiger charge is -2.16. The molecule has 26 heavy (non-hydrogen) atoms. The molecule has 3 aromatic rings. The molecule has 0 saturated heterocycles. The van der Waals surface area contributed by atoms with Crippen LogP contribution in [0.4, 0.5) is 5.82 Å². The molecule has 134 valence electrons. The van der Waals surface area contributed by atoms with Gasteiger partial charge in [-0.25, -0.2) is 4.68 Å². The Morgan fingerprint density at radius 1 is 1.23 bits per heavy atom. The number of carbonyl (C=O) groups is 1. The Kier molecular flexibility index (Phi) is 5.73. The van der Waals surface area contributed by atoms with Gasteiger partial charge in [0.15, 0.2) is 6.10 Å². The number of rotatable bonds is 6. The number of amides is 1. The average molecular weight is 414 g/mol. The van der Waals surface area contributed by atoms with E-state index in [4.69, 9.17) is 4.74 Å². The number of halogens is 1. The van der Waals surface area contributed by atoms with Gasteiger partial charge in [-0.3, -0.25) is 4.79 Å². The Morgan fingerprint density at radius 3 is 2.73 bits per heavy atom. The van der Waals surface area contributed by atoms with Crippen LogP contribution in [0.2, 0.25) is 0 Å². The number of carbonyl (C=O) groups excluding carboxylic acids is 1. The minimum absolute atomic E-state index is 0.218. The molecule has 1 amide bonds. The zero-order chi connectivity index (χ0) is 18.5. The fraction of sp³-hybridized carbons (Fsp3) is 0.200. The fourth-order valence-electron chi connectivity index (χ4n) is 2.50. The van der Waals surface area contributed by atoms with Gasteiger partial charge >= 0.3 is 0 Å². The number of anilines is 1. The van der Waals surface area contributed by atoms with Crippen LogP contribution in [0.25, 0.3) is 0 Å². The number of nitrogens with one attached hydrogen (secondary N) is 1. The summed E-state index contributed by atoms with van der Waals surface area (Å²) < 4.78 is 8.51. The summed E-state index contributed by atoms with van der Waals surface area (Å²) in [4.78, 5) is 12.5. The number of ether oxygens (including phenoxy) is 1. The molecule has 1 unspecified atom stereocenters. The van der Waals surface area contributed by atoms with Crippen LogP contribution in [0.3, 0.4) is 0 Å². The van der Waals surface area contributed by atoms with Gasteiger partial charge < -0.3 is 10.1 Å². The maximum atomic E-state index is 12.5. The maximum Gasteiger partial charge on any atom is 0.266 e. The van der Waals surface area contributed by atoms with Gasteiger partial charge in [-0.05, 0) is 49.2 Å². The van der Waals surface area contributed by atoms with Crippen molar-refractivity contribution in [2.45, 2.75) is 26.5 Å². The summed E-state index contributed by atoms with van der Waals surface area (Å²) in [7, 11) is 0. The van der Waals surface area contributed by atoms with Crippen molar-refractivity contribution in [1.82, 2.24) is 9.78 Å². The normalized spacial score (nSPS) is 11.8. The van der Waals surface area contributed by atoms with E-state index >= 15 is 0 Å². The SMILES string of the molecule is Cc1cccc(OC(C)C(=O)Nc2ccnn2Cc2ccc(Br)cc2)c1. The van der Waals surface area contributed by atoms with Crippen LogP contribution in [0.15, 0.2) is 65.3 Å². The number of aromatic nitrogens is 2. The van der Waals surface area contributed by atoms with Crippen molar-refractivity contribution in [3.8, 4) is 5.75 Å². The van der Waals surface area contributed by atoms with E-state index < -0.39 is 6.10 Å². The molecule has 0 radical (unpaired) electrons. The number of benzene rings is 2. The van der Waals surface area contributed by atoms with Gasteiger partial charge in [0.2, 0.25) is 0 Å². The highest BCUT2D eigenvalue weighted by Crippen LogP contribution is 2.16. The molecule has 2 aromatic carbocycles. The van der Waals surface area contributed by atoms with Crippen LogP contribution in [-0.4, -0.2) is 21.8 Å². The molecule has 0 fully saturated rings. The lowest BCUT2D eigenvalue weighted by Crippen LogP contribution is -2.31. The highest BCUT2D eigenvalue weighted by molar-refractivity contribution is 9.10. The predicted octanol–water partition coefficient (Wildman–Crippen LogP) is 4.41. The van der Waals surface area contributed by atoms with Gasteiger partial charge in [-0.15, -0.1) is 0 Å². The molecular weight excluding hydrogens is 394 g/mol. The van der Waals surface area contributed by atoms with Gasteiger partial charge in [0.05, 0.1) is 12.7 Å². The van der Waals surface area contributed by atoms with E-state index in [1.54, 1.807) is 23.9 Å². The molecule has 0 aliphatic rings. The first kappa shape index (κ1) is 18.2. The summed E-state index contributed by atoms with van der Waals surface area (Å²) in [6, 6.07) is 17.4. The number of aryl methyl sites for hydroxylation is 1. The van der Waals surface area contributed by atoms with Crippen LogP contribution < -0.4 is 10.1 Å². The summed E-state index contributed by atoms with van der Waals surface area (Å²) in [5, 5.41) is 7.18. The lowest BCUT2D eigenvalue weighted by atomic mass is 10.2. The van der Waals surface area contributed by atoms with Crippen molar-refractivity contribution in [2.24, 2.45) is 0 Å². The van der Waals surface area contributed by atoms with E-state index in [2.05, 4.69) is 26.3 Å². The first-order chi connectivity index (χ1) is 12.5. The Labute approximate surface area is 161 Å². The Hall–Kier alpha value is -2.60. The minimum Gasteiger partial charge on any atom is -0.481 e. The number of nitrogens with zero attached hydrogens (tertiary/aromatic N) is 2. The maximum absolute atomic E-state index is 12.5. The zero-order valence-electron chi connectivity index (χ0n) is 14.6. The van der Waals surface area contributed by atoms with Gasteiger partial charge in [0, 0.05) is 10.5 Å². The second-order valence-electron chi connectivity index (χ2n) is 6.07. The van der Waals surface area contributed by atoms with Crippen LogP contribution >= 0.6 is 15.9 Å². The van der Waals surface area contributed by atoms with E-state index in [1.807, 2.05) is 55.5 Å². The molecule has 5 nitrogen and oxygen atoms in total. The lowest BCUT2D eigenvalue weighted by molar-refractivity contribution is -0.122. The van der Waals surface area contributed by atoms with Crippen LogP contribution in [0.5, 0.6) is 5.75 Å². The second kappa shape index (κ2) is 8.19. The van der Waals surface area contributed by atoms with Gasteiger partial charge in [0.1, 0.15) is 11.6 Å².